The Morgan fingerprint density at radius 1 is 0.964 bits per heavy atom. The van der Waals surface area contributed by atoms with Crippen LogP contribution in [-0.2, 0) is 4.74 Å². The van der Waals surface area contributed by atoms with Crippen molar-refractivity contribution in [3.63, 3.8) is 0 Å². The van der Waals surface area contributed by atoms with Crippen molar-refractivity contribution in [3.8, 4) is 17.2 Å². The predicted molar refractivity (Wildman–Crippen MR) is 102 cm³/mol. The molecular formula is C19H23N3O6. The smallest absolute Gasteiger partial charge is 0.269 e. The van der Waals surface area contributed by atoms with E-state index in [9.17, 15) is 9.59 Å². The van der Waals surface area contributed by atoms with Gasteiger partial charge in [-0.25, -0.2) is 0 Å². The van der Waals surface area contributed by atoms with Crippen LogP contribution in [0.1, 0.15) is 20.8 Å². The minimum Gasteiger partial charge on any atom is -0.493 e. The molecule has 9 nitrogen and oxygen atoms in total. The molecular weight excluding hydrogens is 366 g/mol. The molecule has 0 spiro atoms. The normalized spacial score (nSPS) is 10.1. The van der Waals surface area contributed by atoms with Crippen molar-refractivity contribution < 1.29 is 28.5 Å². The van der Waals surface area contributed by atoms with E-state index in [-0.39, 0.29) is 17.2 Å². The van der Waals surface area contributed by atoms with Crippen LogP contribution >= 0.6 is 0 Å². The molecule has 0 unspecified atom stereocenters. The van der Waals surface area contributed by atoms with Crippen LogP contribution in [0.4, 0.5) is 5.69 Å². The third kappa shape index (κ3) is 5.10. The Bertz CT molecular complexity index is 815. The molecule has 2 rings (SSSR count). The highest BCUT2D eigenvalue weighted by atomic mass is 16.5. The summed E-state index contributed by atoms with van der Waals surface area (Å²) >= 11 is 0. The number of amides is 2. The number of hydrogen-bond acceptors (Lipinski definition) is 7. The van der Waals surface area contributed by atoms with Crippen molar-refractivity contribution in [1.82, 2.24) is 10.3 Å². The van der Waals surface area contributed by atoms with Crippen LogP contribution in [0, 0.1) is 0 Å². The van der Waals surface area contributed by atoms with E-state index >= 15 is 0 Å². The number of benzene rings is 1. The quantitative estimate of drug-likeness (QED) is 0.629. The van der Waals surface area contributed by atoms with Crippen molar-refractivity contribution in [2.45, 2.75) is 0 Å². The summed E-state index contributed by atoms with van der Waals surface area (Å²) in [7, 11) is 6.01. The van der Waals surface area contributed by atoms with Crippen LogP contribution in [0.5, 0.6) is 17.2 Å². The van der Waals surface area contributed by atoms with Gasteiger partial charge >= 0.3 is 0 Å². The Hall–Kier alpha value is -3.33. The predicted octanol–water partition coefficient (Wildman–Crippen LogP) is 1.74. The van der Waals surface area contributed by atoms with Gasteiger partial charge < -0.3 is 29.6 Å². The Kier molecular flexibility index (Phi) is 7.58. The Balaban J connectivity index is 2.19. The summed E-state index contributed by atoms with van der Waals surface area (Å²) < 4.78 is 20.7. The zero-order chi connectivity index (χ0) is 20.5. The van der Waals surface area contributed by atoms with E-state index in [1.165, 1.54) is 39.7 Å². The van der Waals surface area contributed by atoms with E-state index in [4.69, 9.17) is 18.9 Å². The number of hydrogen-bond donors (Lipinski definition) is 2. The number of nitrogens with one attached hydrogen (secondary N) is 2. The molecule has 1 aromatic carbocycles. The topological polar surface area (TPSA) is 108 Å². The molecule has 1 heterocycles. The fourth-order valence-corrected chi connectivity index (χ4v) is 2.41. The first-order valence-corrected chi connectivity index (χ1v) is 8.38. The lowest BCUT2D eigenvalue weighted by Gasteiger charge is -2.14. The van der Waals surface area contributed by atoms with Gasteiger partial charge in [-0.3, -0.25) is 14.6 Å². The van der Waals surface area contributed by atoms with Crippen molar-refractivity contribution in [1.29, 1.82) is 0 Å². The molecule has 0 radical (unpaired) electrons. The summed E-state index contributed by atoms with van der Waals surface area (Å²) in [6.07, 6.45) is 1.40. The van der Waals surface area contributed by atoms with E-state index in [0.29, 0.717) is 36.1 Å². The number of anilines is 1. The van der Waals surface area contributed by atoms with Gasteiger partial charge in [0.05, 0.1) is 27.9 Å². The van der Waals surface area contributed by atoms with Gasteiger partial charge in [0.25, 0.3) is 11.8 Å². The maximum atomic E-state index is 12.6. The molecule has 2 aromatic rings. The summed E-state index contributed by atoms with van der Waals surface area (Å²) in [5, 5.41) is 5.40. The lowest BCUT2D eigenvalue weighted by Crippen LogP contribution is -2.28. The first-order chi connectivity index (χ1) is 13.5. The van der Waals surface area contributed by atoms with Gasteiger partial charge in [-0.2, -0.15) is 0 Å². The lowest BCUT2D eigenvalue weighted by molar-refractivity contribution is 0.0932. The first kappa shape index (κ1) is 21.0. The number of ether oxygens (including phenoxy) is 4. The van der Waals surface area contributed by atoms with Gasteiger partial charge in [0.2, 0.25) is 5.75 Å². The molecule has 0 aliphatic heterocycles. The number of pyridine rings is 1. The minimum absolute atomic E-state index is 0.133. The van der Waals surface area contributed by atoms with Crippen molar-refractivity contribution in [2.75, 3.05) is 46.9 Å². The second-order valence-electron chi connectivity index (χ2n) is 5.55. The fraction of sp³-hybridized carbons (Fsp3) is 0.316. The van der Waals surface area contributed by atoms with Crippen LogP contribution in [0.3, 0.4) is 0 Å². The molecule has 28 heavy (non-hydrogen) atoms. The maximum absolute atomic E-state index is 12.6. The van der Waals surface area contributed by atoms with Crippen molar-refractivity contribution in [3.05, 3.63) is 41.7 Å². The Morgan fingerprint density at radius 2 is 1.64 bits per heavy atom. The third-order valence-corrected chi connectivity index (χ3v) is 3.77. The van der Waals surface area contributed by atoms with Gasteiger partial charge in [-0.05, 0) is 12.1 Å². The zero-order valence-corrected chi connectivity index (χ0v) is 16.2. The highest BCUT2D eigenvalue weighted by Gasteiger charge is 2.16. The SMILES string of the molecule is COCCNC(=O)c1cc(C(=O)Nc2cc(OC)c(OC)c(OC)c2)ccn1. The fourth-order valence-electron chi connectivity index (χ4n) is 2.41. The largest absolute Gasteiger partial charge is 0.493 e. The number of methoxy groups -OCH3 is 4. The third-order valence-electron chi connectivity index (χ3n) is 3.77. The number of rotatable bonds is 9. The molecule has 1 aromatic heterocycles. The average Bonchev–Trinajstić information content (AvgIpc) is 2.73. The monoisotopic (exact) mass is 389 g/mol. The van der Waals surface area contributed by atoms with Crippen LogP contribution in [0.2, 0.25) is 0 Å². The second-order valence-corrected chi connectivity index (χ2v) is 5.55. The van der Waals surface area contributed by atoms with Crippen LogP contribution in [0.25, 0.3) is 0 Å². The molecule has 0 saturated heterocycles. The molecule has 0 atom stereocenters. The summed E-state index contributed by atoms with van der Waals surface area (Å²) in [5.41, 5.74) is 0.858. The van der Waals surface area contributed by atoms with E-state index in [0.717, 1.165) is 0 Å². The number of aromatic nitrogens is 1. The number of nitrogens with zero attached hydrogens (tertiary/aromatic N) is 1. The minimum atomic E-state index is -0.414. The second kappa shape index (κ2) is 10.1. The maximum Gasteiger partial charge on any atom is 0.269 e. The summed E-state index contributed by atoms with van der Waals surface area (Å²) in [4.78, 5) is 28.7. The van der Waals surface area contributed by atoms with Crippen molar-refractivity contribution >= 4 is 17.5 Å². The average molecular weight is 389 g/mol. The van der Waals surface area contributed by atoms with Crippen LogP contribution in [-0.4, -0.2) is 58.4 Å². The van der Waals surface area contributed by atoms with E-state index in [1.54, 1.807) is 19.2 Å². The Labute approximate surface area is 163 Å². The number of carbonyl (C=O) groups is 2. The van der Waals surface area contributed by atoms with Crippen molar-refractivity contribution in [2.24, 2.45) is 0 Å². The van der Waals surface area contributed by atoms with Gasteiger partial charge in [0.15, 0.2) is 11.5 Å². The molecule has 150 valence electrons. The summed E-state index contributed by atoms with van der Waals surface area (Å²) in [5.74, 6) is 0.430. The lowest BCUT2D eigenvalue weighted by atomic mass is 10.2. The highest BCUT2D eigenvalue weighted by Crippen LogP contribution is 2.40. The zero-order valence-electron chi connectivity index (χ0n) is 16.2. The van der Waals surface area contributed by atoms with E-state index in [2.05, 4.69) is 15.6 Å². The molecule has 2 amide bonds. The molecule has 0 saturated carbocycles. The summed E-state index contributed by atoms with van der Waals surface area (Å²) in [6.45, 7) is 0.728. The standard InChI is InChI=1S/C19H23N3O6/c1-25-8-7-21-19(24)14-9-12(5-6-20-14)18(23)22-13-10-15(26-2)17(28-4)16(11-13)27-3/h5-6,9-11H,7-8H2,1-4H3,(H,21,24)(H,22,23). The van der Waals surface area contributed by atoms with Gasteiger partial charge in [0, 0.05) is 43.2 Å². The molecule has 9 heteroatoms. The van der Waals surface area contributed by atoms with Gasteiger partial charge in [0.1, 0.15) is 5.69 Å². The molecule has 0 fully saturated rings. The molecule has 0 aliphatic rings. The Morgan fingerprint density at radius 3 is 2.21 bits per heavy atom. The molecule has 2 N–H and O–H groups in total. The molecule has 0 aliphatic carbocycles. The van der Waals surface area contributed by atoms with Crippen LogP contribution in [0.15, 0.2) is 30.5 Å². The van der Waals surface area contributed by atoms with Crippen LogP contribution < -0.4 is 24.8 Å². The summed E-state index contributed by atoms with van der Waals surface area (Å²) in [6, 6.07) is 6.15. The number of carbonyl (C=O) groups excluding carboxylic acids is 2. The van der Waals surface area contributed by atoms with E-state index < -0.39 is 5.91 Å². The van der Waals surface area contributed by atoms with Gasteiger partial charge in [-0.15, -0.1) is 0 Å². The first-order valence-electron chi connectivity index (χ1n) is 8.38. The van der Waals surface area contributed by atoms with E-state index in [1.807, 2.05) is 0 Å². The highest BCUT2D eigenvalue weighted by molar-refractivity contribution is 6.06. The van der Waals surface area contributed by atoms with Gasteiger partial charge in [-0.1, -0.05) is 0 Å². The molecule has 0 bridgehead atoms.